The second kappa shape index (κ2) is 9.53. The minimum Gasteiger partial charge on any atom is -0.389 e. The third-order valence-corrected chi connectivity index (χ3v) is 5.85. The molecule has 166 valence electrons. The third-order valence-electron chi connectivity index (χ3n) is 5.85. The molecule has 4 rings (SSSR count). The number of nitrogens with zero attached hydrogens (tertiary/aromatic N) is 1. The molecule has 1 amide bonds. The van der Waals surface area contributed by atoms with E-state index in [1.54, 1.807) is 12.0 Å². The Balaban J connectivity index is 1.91. The summed E-state index contributed by atoms with van der Waals surface area (Å²) in [6.07, 6.45) is -1.12. The van der Waals surface area contributed by atoms with E-state index in [4.69, 9.17) is 18.9 Å². The number of cyclic esters (lactones) is 1. The van der Waals surface area contributed by atoms with Gasteiger partial charge in [0.05, 0.1) is 6.04 Å². The average molecular weight is 434 g/mol. The largest absolute Gasteiger partial charge is 0.415 e. The molecule has 0 unspecified atom stereocenters. The van der Waals surface area contributed by atoms with Gasteiger partial charge >= 0.3 is 12.1 Å². The van der Waals surface area contributed by atoms with Crippen molar-refractivity contribution in [3.05, 3.63) is 108 Å². The first kappa shape index (κ1) is 22.0. The topological polar surface area (TPSA) is 57.2 Å². The molecule has 3 aromatic carbocycles. The number of amides is 1. The number of methoxy groups -OCH3 is 3. The van der Waals surface area contributed by atoms with Crippen molar-refractivity contribution >= 4 is 6.09 Å². The maximum Gasteiger partial charge on any atom is 0.415 e. The fourth-order valence-corrected chi connectivity index (χ4v) is 4.40. The first-order chi connectivity index (χ1) is 15.6. The lowest BCUT2D eigenvalue weighted by atomic mass is 9.92. The molecule has 1 aliphatic rings. The fourth-order valence-electron chi connectivity index (χ4n) is 4.40. The minimum absolute atomic E-state index is 0.441. The predicted octanol–water partition coefficient (Wildman–Crippen LogP) is 4.93. The number of benzene rings is 3. The smallest absolute Gasteiger partial charge is 0.389 e. The van der Waals surface area contributed by atoms with Gasteiger partial charge < -0.3 is 18.9 Å². The highest BCUT2D eigenvalue weighted by atomic mass is 16.9. The maximum atomic E-state index is 13.4. The number of hydrogen-bond acceptors (Lipinski definition) is 5. The van der Waals surface area contributed by atoms with Gasteiger partial charge in [-0.2, -0.15) is 0 Å². The molecule has 1 saturated heterocycles. The predicted molar refractivity (Wildman–Crippen MR) is 120 cm³/mol. The van der Waals surface area contributed by atoms with Crippen LogP contribution in [0.1, 0.15) is 28.8 Å². The zero-order valence-corrected chi connectivity index (χ0v) is 18.4. The molecule has 0 bridgehead atoms. The number of ether oxygens (including phenoxy) is 4. The Labute approximate surface area is 188 Å². The van der Waals surface area contributed by atoms with Gasteiger partial charge in [0, 0.05) is 21.3 Å². The lowest BCUT2D eigenvalue weighted by Crippen LogP contribution is -2.53. The van der Waals surface area contributed by atoms with Crippen molar-refractivity contribution < 1.29 is 23.7 Å². The van der Waals surface area contributed by atoms with Crippen molar-refractivity contribution in [2.45, 2.75) is 24.2 Å². The Morgan fingerprint density at radius 3 is 1.59 bits per heavy atom. The van der Waals surface area contributed by atoms with Crippen LogP contribution in [0.5, 0.6) is 0 Å². The summed E-state index contributed by atoms with van der Waals surface area (Å²) in [6, 6.07) is 28.2. The Morgan fingerprint density at radius 1 is 0.750 bits per heavy atom. The summed E-state index contributed by atoms with van der Waals surface area (Å²) in [5.74, 6) is -1.64. The molecule has 6 nitrogen and oxygen atoms in total. The minimum atomic E-state index is -1.64. The van der Waals surface area contributed by atoms with Gasteiger partial charge in [-0.25, -0.2) is 4.79 Å². The average Bonchev–Trinajstić information content (AvgIpc) is 3.14. The summed E-state index contributed by atoms with van der Waals surface area (Å²) in [5.41, 5.74) is 2.75. The van der Waals surface area contributed by atoms with Crippen LogP contribution in [-0.2, 0) is 18.9 Å². The van der Waals surface area contributed by atoms with Gasteiger partial charge in [-0.15, -0.1) is 0 Å². The van der Waals surface area contributed by atoms with Crippen LogP contribution < -0.4 is 0 Å². The van der Waals surface area contributed by atoms with Gasteiger partial charge in [-0.1, -0.05) is 91.0 Å². The van der Waals surface area contributed by atoms with Crippen LogP contribution in [0.2, 0.25) is 0 Å². The normalized spacial score (nSPS) is 18.6. The number of rotatable bonds is 8. The van der Waals surface area contributed by atoms with Gasteiger partial charge in [0.25, 0.3) is 0 Å². The number of carbonyl (C=O) groups excluding carboxylic acids is 1. The summed E-state index contributed by atoms with van der Waals surface area (Å²) in [7, 11) is 4.53. The second-order valence-electron chi connectivity index (χ2n) is 7.52. The molecule has 3 aromatic rings. The molecule has 0 spiro atoms. The van der Waals surface area contributed by atoms with Crippen molar-refractivity contribution in [2.24, 2.45) is 0 Å². The summed E-state index contributed by atoms with van der Waals surface area (Å²) in [4.78, 5) is 15.1. The second-order valence-corrected chi connectivity index (χ2v) is 7.52. The van der Waals surface area contributed by atoms with E-state index in [0.717, 1.165) is 16.7 Å². The van der Waals surface area contributed by atoms with E-state index in [2.05, 4.69) is 0 Å². The molecule has 0 aromatic heterocycles. The number of carbonyl (C=O) groups is 1. The molecule has 1 heterocycles. The van der Waals surface area contributed by atoms with E-state index < -0.39 is 30.3 Å². The number of hydrogen-bond donors (Lipinski definition) is 0. The Kier molecular flexibility index (Phi) is 6.55. The zero-order chi connectivity index (χ0) is 22.6. The molecule has 6 heteroatoms. The summed E-state index contributed by atoms with van der Waals surface area (Å²) in [5, 5.41) is 0. The molecule has 1 fully saturated rings. The molecule has 0 aliphatic carbocycles. The lowest BCUT2D eigenvalue weighted by molar-refractivity contribution is -0.343. The van der Waals surface area contributed by atoms with Crippen LogP contribution in [0.25, 0.3) is 0 Å². The van der Waals surface area contributed by atoms with Crippen LogP contribution in [0.3, 0.4) is 0 Å². The highest BCUT2D eigenvalue weighted by molar-refractivity contribution is 5.73. The van der Waals surface area contributed by atoms with Crippen LogP contribution in [0, 0.1) is 0 Å². The van der Waals surface area contributed by atoms with Crippen molar-refractivity contribution in [2.75, 3.05) is 21.3 Å². The van der Waals surface area contributed by atoms with Gasteiger partial charge in [0.1, 0.15) is 6.10 Å². The van der Waals surface area contributed by atoms with E-state index >= 15 is 0 Å². The Morgan fingerprint density at radius 2 is 1.19 bits per heavy atom. The SMILES string of the molecule is CO[C@H](c1ccccc1)[C@@H]1N(C(c2ccccc2)c2ccccc2)C(=O)OC1(OC)OC. The van der Waals surface area contributed by atoms with Gasteiger partial charge in [-0.3, -0.25) is 4.90 Å². The lowest BCUT2D eigenvalue weighted by Gasteiger charge is -2.39. The molecular weight excluding hydrogens is 406 g/mol. The Hall–Kier alpha value is -3.19. The molecule has 0 N–H and O–H groups in total. The van der Waals surface area contributed by atoms with Crippen LogP contribution >= 0.6 is 0 Å². The van der Waals surface area contributed by atoms with E-state index in [0.29, 0.717) is 0 Å². The Bertz CT molecular complexity index is 969. The van der Waals surface area contributed by atoms with Crippen molar-refractivity contribution in [3.8, 4) is 0 Å². The van der Waals surface area contributed by atoms with Crippen molar-refractivity contribution in [1.29, 1.82) is 0 Å². The first-order valence-electron chi connectivity index (χ1n) is 10.4. The van der Waals surface area contributed by atoms with Gasteiger partial charge in [0.2, 0.25) is 0 Å². The molecule has 0 saturated carbocycles. The third kappa shape index (κ3) is 3.88. The summed E-state index contributed by atoms with van der Waals surface area (Å²) in [6.45, 7) is 0. The quantitative estimate of drug-likeness (QED) is 0.472. The van der Waals surface area contributed by atoms with Crippen molar-refractivity contribution in [1.82, 2.24) is 4.90 Å². The molecule has 1 aliphatic heterocycles. The van der Waals surface area contributed by atoms with Gasteiger partial charge in [-0.05, 0) is 16.7 Å². The highest BCUT2D eigenvalue weighted by Crippen LogP contribution is 2.46. The fraction of sp³-hybridized carbons (Fsp3) is 0.269. The highest BCUT2D eigenvalue weighted by Gasteiger charge is 2.61. The van der Waals surface area contributed by atoms with E-state index in [1.807, 2.05) is 91.0 Å². The zero-order valence-electron chi connectivity index (χ0n) is 18.4. The van der Waals surface area contributed by atoms with Gasteiger partial charge in [0.15, 0.2) is 6.04 Å². The molecule has 2 atom stereocenters. The standard InChI is InChI=1S/C26H27NO5/c1-29-23(21-17-11-6-12-18-21)24-26(30-2,31-3)32-25(28)27(24)22(19-13-7-4-8-14-19)20-15-9-5-10-16-20/h4-18,22-24H,1-3H3/t23-,24+/m1/s1. The van der Waals surface area contributed by atoms with Crippen molar-refractivity contribution in [3.63, 3.8) is 0 Å². The molecule has 0 radical (unpaired) electrons. The molecular formula is C26H27NO5. The van der Waals surface area contributed by atoms with Crippen LogP contribution in [0.15, 0.2) is 91.0 Å². The van der Waals surface area contributed by atoms with Crippen LogP contribution in [0.4, 0.5) is 4.79 Å². The monoisotopic (exact) mass is 433 g/mol. The first-order valence-corrected chi connectivity index (χ1v) is 10.4. The van der Waals surface area contributed by atoms with E-state index in [9.17, 15) is 4.79 Å². The van der Waals surface area contributed by atoms with Crippen LogP contribution in [-0.4, -0.2) is 44.3 Å². The summed E-state index contributed by atoms with van der Waals surface area (Å²) >= 11 is 0. The maximum absolute atomic E-state index is 13.4. The van der Waals surface area contributed by atoms with E-state index in [1.165, 1.54) is 14.2 Å². The molecule has 32 heavy (non-hydrogen) atoms. The van der Waals surface area contributed by atoms with E-state index in [-0.39, 0.29) is 0 Å². The summed E-state index contributed by atoms with van der Waals surface area (Å²) < 4.78 is 23.1.